The van der Waals surface area contributed by atoms with Crippen LogP contribution in [0.3, 0.4) is 0 Å². The fraction of sp³-hybridized carbons (Fsp3) is 0.385. The van der Waals surface area contributed by atoms with E-state index < -0.39 is 0 Å². The van der Waals surface area contributed by atoms with Gasteiger partial charge in [-0.05, 0) is 18.9 Å². The maximum Gasteiger partial charge on any atom is 0.166 e. The number of aromatic nitrogens is 3. The van der Waals surface area contributed by atoms with Crippen LogP contribution in [0.5, 0.6) is 0 Å². The van der Waals surface area contributed by atoms with Crippen LogP contribution >= 0.6 is 11.6 Å². The van der Waals surface area contributed by atoms with Gasteiger partial charge in [0.15, 0.2) is 5.65 Å². The zero-order chi connectivity index (χ0) is 13.5. The lowest BCUT2D eigenvalue weighted by Gasteiger charge is -2.07. The van der Waals surface area contributed by atoms with E-state index in [2.05, 4.69) is 32.1 Å². The second kappa shape index (κ2) is 4.64. The third-order valence-corrected chi connectivity index (χ3v) is 3.68. The summed E-state index contributed by atoms with van der Waals surface area (Å²) < 4.78 is 1.82. The molecule has 0 aromatic carbocycles. The van der Waals surface area contributed by atoms with Crippen LogP contribution in [0.2, 0.25) is 5.15 Å². The Morgan fingerprint density at radius 2 is 2.35 bits per heavy atom. The van der Waals surface area contributed by atoms with E-state index in [9.17, 15) is 0 Å². The zero-order valence-corrected chi connectivity index (χ0v) is 11.6. The molecule has 2 fully saturated rings. The number of fused-ring (bicyclic) bond motifs is 1. The number of nitrogens with zero attached hydrogens (tertiary/aromatic N) is 3. The van der Waals surface area contributed by atoms with Crippen molar-refractivity contribution in [2.24, 2.45) is 0 Å². The van der Waals surface area contributed by atoms with Crippen LogP contribution < -0.4 is 16.0 Å². The van der Waals surface area contributed by atoms with Gasteiger partial charge in [0.05, 0.1) is 12.9 Å². The van der Waals surface area contributed by atoms with Gasteiger partial charge in [-0.1, -0.05) is 11.6 Å². The minimum absolute atomic E-state index is 0.485. The monoisotopic (exact) mass is 290 g/mol. The molecule has 3 N–H and O–H groups in total. The number of halogens is 1. The third kappa shape index (κ3) is 2.21. The zero-order valence-electron chi connectivity index (χ0n) is 10.9. The van der Waals surface area contributed by atoms with Crippen molar-refractivity contribution in [2.45, 2.75) is 18.9 Å². The predicted octanol–water partition coefficient (Wildman–Crippen LogP) is 1.45. The summed E-state index contributed by atoms with van der Waals surface area (Å²) in [7, 11) is 0. The molecule has 6 nitrogen and oxygen atoms in total. The molecule has 0 atom stereocenters. The van der Waals surface area contributed by atoms with E-state index in [0.717, 1.165) is 35.9 Å². The van der Waals surface area contributed by atoms with Crippen molar-refractivity contribution < 1.29 is 0 Å². The van der Waals surface area contributed by atoms with Crippen LogP contribution in [-0.4, -0.2) is 33.9 Å². The number of hydrogen-bond acceptors (Lipinski definition) is 5. The Labute approximate surface area is 121 Å². The van der Waals surface area contributed by atoms with E-state index in [1.807, 2.05) is 16.8 Å². The topological polar surface area (TPSA) is 66.3 Å². The molecule has 1 aliphatic heterocycles. The van der Waals surface area contributed by atoms with Crippen LogP contribution in [0, 0.1) is 0 Å². The summed E-state index contributed by atoms with van der Waals surface area (Å²) in [4.78, 5) is 4.40. The molecule has 0 unspecified atom stereocenters. The van der Waals surface area contributed by atoms with Crippen molar-refractivity contribution in [3.63, 3.8) is 0 Å². The van der Waals surface area contributed by atoms with Gasteiger partial charge in [0.2, 0.25) is 0 Å². The molecular formula is C13H15ClN6. The molecule has 2 aromatic rings. The van der Waals surface area contributed by atoms with E-state index in [4.69, 9.17) is 11.6 Å². The Hall–Kier alpha value is -1.79. The summed E-state index contributed by atoms with van der Waals surface area (Å²) in [5, 5.41) is 14.8. The van der Waals surface area contributed by atoms with E-state index >= 15 is 0 Å². The Kier molecular flexibility index (Phi) is 2.78. The average Bonchev–Trinajstić information content (AvgIpc) is 2.94. The van der Waals surface area contributed by atoms with Crippen molar-refractivity contribution >= 4 is 29.1 Å². The standard InChI is InChI=1S/C13H15ClN6/c14-11-4-12(18-9-1-2-9)20-13(19-11)8(5-17-20)3-10-6-15-7-16-10/h3-5,9,15-16,18H,1-2,6-7H2/b10-3-. The third-order valence-electron chi connectivity index (χ3n) is 3.48. The summed E-state index contributed by atoms with van der Waals surface area (Å²) in [6.45, 7) is 1.64. The molecule has 3 heterocycles. The smallest absolute Gasteiger partial charge is 0.166 e. The highest BCUT2D eigenvalue weighted by atomic mass is 35.5. The summed E-state index contributed by atoms with van der Waals surface area (Å²) >= 11 is 6.13. The summed E-state index contributed by atoms with van der Waals surface area (Å²) in [6.07, 6.45) is 6.29. The molecule has 0 spiro atoms. The summed E-state index contributed by atoms with van der Waals surface area (Å²) in [5.74, 6) is 0.907. The molecule has 1 saturated carbocycles. The Morgan fingerprint density at radius 1 is 1.45 bits per heavy atom. The molecule has 0 radical (unpaired) electrons. The number of anilines is 1. The Balaban J connectivity index is 1.78. The molecule has 1 aliphatic carbocycles. The van der Waals surface area contributed by atoms with E-state index in [0.29, 0.717) is 11.2 Å². The van der Waals surface area contributed by atoms with Crippen molar-refractivity contribution in [3.05, 3.63) is 28.7 Å². The first kappa shape index (κ1) is 12.0. The maximum atomic E-state index is 6.13. The molecule has 1 saturated heterocycles. The van der Waals surface area contributed by atoms with Gasteiger partial charge in [-0.25, -0.2) is 4.98 Å². The highest BCUT2D eigenvalue weighted by Crippen LogP contribution is 2.27. The average molecular weight is 291 g/mol. The van der Waals surface area contributed by atoms with Crippen molar-refractivity contribution in [1.29, 1.82) is 0 Å². The van der Waals surface area contributed by atoms with Crippen LogP contribution in [-0.2, 0) is 0 Å². The van der Waals surface area contributed by atoms with Crippen LogP contribution in [0.25, 0.3) is 11.7 Å². The SMILES string of the molecule is Clc1cc(NC2CC2)n2ncc(/C=C3/CNCN3)c2n1. The van der Waals surface area contributed by atoms with Crippen molar-refractivity contribution in [3.8, 4) is 0 Å². The van der Waals surface area contributed by atoms with Gasteiger partial charge in [-0.2, -0.15) is 9.61 Å². The van der Waals surface area contributed by atoms with Crippen molar-refractivity contribution in [2.75, 3.05) is 18.5 Å². The van der Waals surface area contributed by atoms with Crippen LogP contribution in [0.4, 0.5) is 5.82 Å². The minimum Gasteiger partial charge on any atom is -0.375 e. The fourth-order valence-electron chi connectivity index (χ4n) is 2.32. The molecule has 0 amide bonds. The van der Waals surface area contributed by atoms with Gasteiger partial charge < -0.3 is 10.6 Å². The first-order valence-electron chi connectivity index (χ1n) is 6.75. The lowest BCUT2D eigenvalue weighted by atomic mass is 10.2. The highest BCUT2D eigenvalue weighted by Gasteiger charge is 2.22. The first-order valence-corrected chi connectivity index (χ1v) is 7.13. The summed E-state index contributed by atoms with van der Waals surface area (Å²) in [6, 6.07) is 2.37. The molecule has 104 valence electrons. The second-order valence-electron chi connectivity index (χ2n) is 5.17. The molecular weight excluding hydrogens is 276 g/mol. The first-order chi connectivity index (χ1) is 9.79. The van der Waals surface area contributed by atoms with E-state index in [1.54, 1.807) is 0 Å². The lowest BCUT2D eigenvalue weighted by Crippen LogP contribution is -2.10. The van der Waals surface area contributed by atoms with Gasteiger partial charge >= 0.3 is 0 Å². The normalized spacial score (nSPS) is 20.6. The number of nitrogens with one attached hydrogen (secondary N) is 3. The fourth-order valence-corrected chi connectivity index (χ4v) is 2.50. The molecule has 4 rings (SSSR count). The molecule has 7 heteroatoms. The summed E-state index contributed by atoms with van der Waals surface area (Å²) in [5.41, 5.74) is 2.89. The van der Waals surface area contributed by atoms with Gasteiger partial charge in [0.25, 0.3) is 0 Å². The van der Waals surface area contributed by atoms with Crippen LogP contribution in [0.15, 0.2) is 18.0 Å². The van der Waals surface area contributed by atoms with E-state index in [1.165, 1.54) is 12.8 Å². The highest BCUT2D eigenvalue weighted by molar-refractivity contribution is 6.29. The van der Waals surface area contributed by atoms with Gasteiger partial charge in [-0.15, -0.1) is 0 Å². The van der Waals surface area contributed by atoms with Gasteiger partial charge in [-0.3, -0.25) is 5.32 Å². The Morgan fingerprint density at radius 3 is 3.10 bits per heavy atom. The molecule has 2 aliphatic rings. The van der Waals surface area contributed by atoms with E-state index in [-0.39, 0.29) is 0 Å². The molecule has 0 bridgehead atoms. The maximum absolute atomic E-state index is 6.13. The predicted molar refractivity (Wildman–Crippen MR) is 78.6 cm³/mol. The van der Waals surface area contributed by atoms with Gasteiger partial charge in [0.1, 0.15) is 11.0 Å². The number of rotatable bonds is 3. The molecule has 2 aromatic heterocycles. The quantitative estimate of drug-likeness (QED) is 0.747. The largest absolute Gasteiger partial charge is 0.375 e. The Bertz CT molecular complexity index is 679. The number of hydrogen-bond donors (Lipinski definition) is 3. The van der Waals surface area contributed by atoms with Crippen LogP contribution in [0.1, 0.15) is 18.4 Å². The lowest BCUT2D eigenvalue weighted by molar-refractivity contribution is 0.815. The minimum atomic E-state index is 0.485. The van der Waals surface area contributed by atoms with Crippen molar-refractivity contribution in [1.82, 2.24) is 25.2 Å². The second-order valence-corrected chi connectivity index (χ2v) is 5.56. The molecule has 20 heavy (non-hydrogen) atoms. The van der Waals surface area contributed by atoms with Gasteiger partial charge in [0, 0.05) is 29.9 Å².